The van der Waals surface area contributed by atoms with E-state index in [4.69, 9.17) is 0 Å². The average Bonchev–Trinajstić information content (AvgIpc) is 3.43. The lowest BCUT2D eigenvalue weighted by Crippen LogP contribution is -1.85. The molecule has 30 heavy (non-hydrogen) atoms. The second kappa shape index (κ2) is 6.59. The van der Waals surface area contributed by atoms with Gasteiger partial charge in [0.1, 0.15) is 5.69 Å². The predicted molar refractivity (Wildman–Crippen MR) is 115 cm³/mol. The number of nitrogens with one attached hydrogen (secondary N) is 2. The largest absolute Gasteiger partial charge is 0.352 e. The first-order chi connectivity index (χ1) is 14.9. The summed E-state index contributed by atoms with van der Waals surface area (Å²) in [7, 11) is 0. The molecule has 0 unspecified atom stereocenters. The third-order valence-electron chi connectivity index (χ3n) is 5.18. The summed E-state index contributed by atoms with van der Waals surface area (Å²) in [5, 5.41) is 9.70. The molecule has 6 aromatic heterocycles. The van der Waals surface area contributed by atoms with E-state index in [1.54, 1.807) is 18.6 Å². The van der Waals surface area contributed by atoms with Gasteiger partial charge >= 0.3 is 0 Å². The Labute approximate surface area is 170 Å². The molecule has 0 aliphatic heterocycles. The van der Waals surface area contributed by atoms with E-state index in [1.165, 1.54) is 0 Å². The van der Waals surface area contributed by atoms with Crippen LogP contribution in [0.25, 0.3) is 55.6 Å². The zero-order valence-electron chi connectivity index (χ0n) is 15.7. The van der Waals surface area contributed by atoms with Crippen molar-refractivity contribution >= 4 is 21.8 Å². The van der Waals surface area contributed by atoms with Gasteiger partial charge in [0.2, 0.25) is 0 Å². The number of pyridine rings is 4. The van der Waals surface area contributed by atoms with Crippen LogP contribution in [-0.4, -0.2) is 35.1 Å². The summed E-state index contributed by atoms with van der Waals surface area (Å²) in [5.74, 6) is 0. The van der Waals surface area contributed by atoms with Gasteiger partial charge in [-0.1, -0.05) is 6.07 Å². The quantitative estimate of drug-likeness (QED) is 0.460. The fraction of sp³-hybridized carbons (Fsp3) is 0. The van der Waals surface area contributed by atoms with Crippen LogP contribution < -0.4 is 0 Å². The van der Waals surface area contributed by atoms with Crippen molar-refractivity contribution < 1.29 is 0 Å². The molecular formula is C23H15N7. The van der Waals surface area contributed by atoms with Crippen LogP contribution in [0.2, 0.25) is 0 Å². The molecule has 0 bridgehead atoms. The highest BCUT2D eigenvalue weighted by Gasteiger charge is 2.15. The maximum Gasteiger partial charge on any atom is 0.116 e. The predicted octanol–water partition coefficient (Wildman–Crippen LogP) is 4.63. The van der Waals surface area contributed by atoms with Crippen molar-refractivity contribution in [2.75, 3.05) is 0 Å². The second-order valence-corrected chi connectivity index (χ2v) is 7.00. The Morgan fingerprint density at radius 1 is 0.700 bits per heavy atom. The molecule has 6 rings (SSSR count). The fourth-order valence-electron chi connectivity index (χ4n) is 3.72. The highest BCUT2D eigenvalue weighted by Crippen LogP contribution is 2.33. The van der Waals surface area contributed by atoms with Crippen LogP contribution >= 0.6 is 0 Å². The first-order valence-electron chi connectivity index (χ1n) is 9.49. The zero-order valence-corrected chi connectivity index (χ0v) is 15.7. The molecule has 7 heteroatoms. The van der Waals surface area contributed by atoms with Crippen LogP contribution in [0.3, 0.4) is 0 Å². The standard InChI is InChI=1S/C23H15N7/c1-3-14(9-24-5-1)18-11-26-12-21-16(18)7-20(28-21)23-17-8-19(15-4-2-6-25-10-15)27-13-22(17)29-30-23/h1-13,28H,(H,29,30). The molecule has 6 heterocycles. The first-order valence-corrected chi connectivity index (χ1v) is 9.49. The van der Waals surface area contributed by atoms with Gasteiger partial charge in [0, 0.05) is 58.4 Å². The van der Waals surface area contributed by atoms with E-state index in [-0.39, 0.29) is 0 Å². The smallest absolute Gasteiger partial charge is 0.116 e. The van der Waals surface area contributed by atoms with Gasteiger partial charge in [-0.15, -0.1) is 0 Å². The van der Waals surface area contributed by atoms with Gasteiger partial charge in [-0.25, -0.2) is 0 Å². The van der Waals surface area contributed by atoms with Gasteiger partial charge < -0.3 is 4.98 Å². The van der Waals surface area contributed by atoms with E-state index < -0.39 is 0 Å². The van der Waals surface area contributed by atoms with Crippen molar-refractivity contribution in [3.05, 3.63) is 79.8 Å². The summed E-state index contributed by atoms with van der Waals surface area (Å²) in [5.41, 5.74) is 7.45. The molecule has 0 saturated carbocycles. The highest BCUT2D eigenvalue weighted by molar-refractivity contribution is 6.00. The molecule has 0 spiro atoms. The van der Waals surface area contributed by atoms with Gasteiger partial charge in [0.15, 0.2) is 0 Å². The maximum absolute atomic E-state index is 4.55. The van der Waals surface area contributed by atoms with Gasteiger partial charge in [0.05, 0.1) is 34.8 Å². The summed E-state index contributed by atoms with van der Waals surface area (Å²) < 4.78 is 0. The number of fused-ring (bicyclic) bond motifs is 2. The molecule has 0 saturated heterocycles. The van der Waals surface area contributed by atoms with Crippen molar-refractivity contribution in [2.45, 2.75) is 0 Å². The fourth-order valence-corrected chi connectivity index (χ4v) is 3.72. The summed E-state index contributed by atoms with van der Waals surface area (Å²) in [6.45, 7) is 0. The lowest BCUT2D eigenvalue weighted by molar-refractivity contribution is 1.11. The molecule has 7 nitrogen and oxygen atoms in total. The molecule has 0 aliphatic carbocycles. The van der Waals surface area contributed by atoms with Gasteiger partial charge in [0.25, 0.3) is 0 Å². The van der Waals surface area contributed by atoms with Crippen LogP contribution in [0.5, 0.6) is 0 Å². The average molecular weight is 389 g/mol. The van der Waals surface area contributed by atoms with E-state index in [9.17, 15) is 0 Å². The van der Waals surface area contributed by atoms with Crippen molar-refractivity contribution in [3.63, 3.8) is 0 Å². The number of hydrogen-bond acceptors (Lipinski definition) is 5. The third kappa shape index (κ3) is 2.64. The van der Waals surface area contributed by atoms with Gasteiger partial charge in [-0.3, -0.25) is 25.0 Å². The Balaban J connectivity index is 1.52. The summed E-state index contributed by atoms with van der Waals surface area (Å²) in [6, 6.07) is 12.0. The van der Waals surface area contributed by atoms with Gasteiger partial charge in [-0.2, -0.15) is 5.10 Å². The summed E-state index contributed by atoms with van der Waals surface area (Å²) in [4.78, 5) is 20.8. The van der Waals surface area contributed by atoms with Crippen LogP contribution in [0.15, 0.2) is 79.8 Å². The van der Waals surface area contributed by atoms with E-state index in [0.717, 1.165) is 55.6 Å². The van der Waals surface area contributed by atoms with Gasteiger partial charge in [-0.05, 0) is 30.3 Å². The molecule has 6 aromatic rings. The number of rotatable bonds is 3. The van der Waals surface area contributed by atoms with Crippen molar-refractivity contribution in [2.24, 2.45) is 0 Å². The molecule has 0 aliphatic rings. The van der Waals surface area contributed by atoms with E-state index in [1.807, 2.05) is 55.1 Å². The minimum Gasteiger partial charge on any atom is -0.352 e. The molecule has 2 N–H and O–H groups in total. The number of nitrogens with zero attached hydrogens (tertiary/aromatic N) is 5. The number of aromatic nitrogens is 7. The molecule has 0 atom stereocenters. The highest BCUT2D eigenvalue weighted by atomic mass is 15.1. The molecule has 0 amide bonds. The van der Waals surface area contributed by atoms with E-state index >= 15 is 0 Å². The van der Waals surface area contributed by atoms with Crippen LogP contribution in [-0.2, 0) is 0 Å². The lowest BCUT2D eigenvalue weighted by atomic mass is 10.1. The molecule has 0 fully saturated rings. The van der Waals surface area contributed by atoms with E-state index in [0.29, 0.717) is 0 Å². The number of aromatic amines is 2. The molecular weight excluding hydrogens is 374 g/mol. The second-order valence-electron chi connectivity index (χ2n) is 7.00. The lowest BCUT2D eigenvalue weighted by Gasteiger charge is -2.01. The number of hydrogen-bond donors (Lipinski definition) is 2. The Hall–Kier alpha value is -4.39. The Kier molecular flexibility index (Phi) is 3.64. The molecule has 0 aromatic carbocycles. The van der Waals surface area contributed by atoms with Crippen molar-refractivity contribution in [1.82, 2.24) is 35.1 Å². The normalized spacial score (nSPS) is 11.3. The van der Waals surface area contributed by atoms with Crippen LogP contribution in [0.1, 0.15) is 0 Å². The first kappa shape index (κ1) is 16.6. The minimum absolute atomic E-state index is 0.839. The van der Waals surface area contributed by atoms with E-state index in [2.05, 4.69) is 41.2 Å². The Morgan fingerprint density at radius 2 is 1.53 bits per heavy atom. The summed E-state index contributed by atoms with van der Waals surface area (Å²) >= 11 is 0. The Bertz CT molecular complexity index is 1480. The minimum atomic E-state index is 0.839. The molecule has 142 valence electrons. The summed E-state index contributed by atoms with van der Waals surface area (Å²) in [6.07, 6.45) is 12.7. The topological polar surface area (TPSA) is 96.0 Å². The van der Waals surface area contributed by atoms with Crippen molar-refractivity contribution in [1.29, 1.82) is 0 Å². The van der Waals surface area contributed by atoms with Crippen LogP contribution in [0.4, 0.5) is 0 Å². The Morgan fingerprint density at radius 3 is 2.33 bits per heavy atom. The van der Waals surface area contributed by atoms with Crippen LogP contribution in [0, 0.1) is 0 Å². The number of H-pyrrole nitrogens is 2. The SMILES string of the molecule is c1cncc(-c2cc3c(-c4cc5c(-c6cccnc6)cncc5[nH]4)n[nH]c3cn2)c1. The zero-order chi connectivity index (χ0) is 19.9. The molecule has 0 radical (unpaired) electrons. The van der Waals surface area contributed by atoms with Crippen molar-refractivity contribution in [3.8, 4) is 33.8 Å². The monoisotopic (exact) mass is 389 g/mol. The maximum atomic E-state index is 4.55. The third-order valence-corrected chi connectivity index (χ3v) is 5.18.